The molecule has 0 aliphatic heterocycles. The Labute approximate surface area is 77.5 Å². The first-order valence-electron chi connectivity index (χ1n) is 3.49. The summed E-state index contributed by atoms with van der Waals surface area (Å²) in [6.45, 7) is 4.36. The first-order chi connectivity index (χ1) is 4.85. The summed E-state index contributed by atoms with van der Waals surface area (Å²) in [6.07, 6.45) is 0. The SMILES string of the molecule is CCSCC(C=S)SCC. The summed E-state index contributed by atoms with van der Waals surface area (Å²) >= 11 is 8.79. The van der Waals surface area contributed by atoms with E-state index in [4.69, 9.17) is 12.2 Å². The fraction of sp³-hybridized carbons (Fsp3) is 0.857. The van der Waals surface area contributed by atoms with Crippen molar-refractivity contribution in [1.29, 1.82) is 0 Å². The fourth-order valence-corrected chi connectivity index (χ4v) is 2.77. The first-order valence-corrected chi connectivity index (χ1v) is 6.17. The summed E-state index contributed by atoms with van der Waals surface area (Å²) in [7, 11) is 0. The van der Waals surface area contributed by atoms with Crippen LogP contribution in [0, 0.1) is 0 Å². The number of thioether (sulfide) groups is 2. The molecule has 0 aromatic rings. The van der Waals surface area contributed by atoms with E-state index in [1.807, 2.05) is 28.9 Å². The molecule has 0 spiro atoms. The van der Waals surface area contributed by atoms with Gasteiger partial charge < -0.3 is 0 Å². The molecule has 0 fully saturated rings. The Kier molecular flexibility index (Phi) is 8.52. The lowest BCUT2D eigenvalue weighted by Crippen LogP contribution is -2.06. The summed E-state index contributed by atoms with van der Waals surface area (Å²) in [5, 5.41) is 2.47. The zero-order valence-corrected chi connectivity index (χ0v) is 8.95. The molecule has 0 nitrogen and oxygen atoms in total. The van der Waals surface area contributed by atoms with Gasteiger partial charge in [0.2, 0.25) is 0 Å². The van der Waals surface area contributed by atoms with Gasteiger partial charge in [-0.05, 0) is 16.9 Å². The molecule has 1 unspecified atom stereocenters. The molecule has 0 saturated carbocycles. The predicted molar refractivity (Wildman–Crippen MR) is 58.6 cm³/mol. The highest BCUT2D eigenvalue weighted by molar-refractivity contribution is 8.04. The molecule has 0 saturated heterocycles. The molecular formula is C7H14S3. The number of hydrogen-bond donors (Lipinski definition) is 0. The van der Waals surface area contributed by atoms with E-state index >= 15 is 0 Å². The van der Waals surface area contributed by atoms with Gasteiger partial charge in [-0.15, -0.1) is 0 Å². The average Bonchev–Trinajstić information content (AvgIpc) is 1.98. The third-order valence-electron chi connectivity index (χ3n) is 1.02. The first kappa shape index (κ1) is 10.8. The third-order valence-corrected chi connectivity index (χ3v) is 3.80. The van der Waals surface area contributed by atoms with Crippen LogP contribution in [0.3, 0.4) is 0 Å². The highest BCUT2D eigenvalue weighted by Crippen LogP contribution is 2.14. The maximum Gasteiger partial charge on any atom is 0.0420 e. The van der Waals surface area contributed by atoms with Crippen molar-refractivity contribution < 1.29 is 0 Å². The Morgan fingerprint density at radius 2 is 2.10 bits per heavy atom. The molecule has 60 valence electrons. The van der Waals surface area contributed by atoms with E-state index in [-0.39, 0.29) is 0 Å². The average molecular weight is 194 g/mol. The number of rotatable bonds is 6. The zero-order chi connectivity index (χ0) is 7.82. The Bertz CT molecular complexity index is 82.9. The van der Waals surface area contributed by atoms with E-state index < -0.39 is 0 Å². The van der Waals surface area contributed by atoms with Crippen molar-refractivity contribution >= 4 is 41.1 Å². The molecule has 1 atom stereocenters. The lowest BCUT2D eigenvalue weighted by Gasteiger charge is -2.07. The van der Waals surface area contributed by atoms with Crippen LogP contribution in [0.2, 0.25) is 0 Å². The number of hydrogen-bond acceptors (Lipinski definition) is 3. The van der Waals surface area contributed by atoms with Gasteiger partial charge in [-0.1, -0.05) is 26.1 Å². The normalized spacial score (nSPS) is 13.0. The smallest absolute Gasteiger partial charge is 0.0420 e. The standard InChI is InChI=1S/C7H14S3/c1-3-9-6-7(5-8)10-4-2/h5,7H,3-4,6H2,1-2H3. The van der Waals surface area contributed by atoms with Crippen molar-refractivity contribution in [3.8, 4) is 0 Å². The van der Waals surface area contributed by atoms with Crippen molar-refractivity contribution in [3.05, 3.63) is 0 Å². The van der Waals surface area contributed by atoms with Gasteiger partial charge in [-0.3, -0.25) is 0 Å². The molecule has 0 aromatic heterocycles. The van der Waals surface area contributed by atoms with E-state index in [2.05, 4.69) is 13.8 Å². The molecule has 0 amide bonds. The molecule has 0 aliphatic rings. The van der Waals surface area contributed by atoms with Gasteiger partial charge >= 0.3 is 0 Å². The Morgan fingerprint density at radius 3 is 2.50 bits per heavy atom. The molecule has 0 N–H and O–H groups in total. The Morgan fingerprint density at radius 1 is 1.40 bits per heavy atom. The van der Waals surface area contributed by atoms with Crippen molar-refractivity contribution in [1.82, 2.24) is 0 Å². The minimum absolute atomic E-state index is 0.588. The van der Waals surface area contributed by atoms with E-state index in [9.17, 15) is 0 Å². The van der Waals surface area contributed by atoms with Crippen LogP contribution in [0.15, 0.2) is 0 Å². The third kappa shape index (κ3) is 5.57. The molecule has 0 aliphatic carbocycles. The predicted octanol–water partition coefficient (Wildman–Crippen LogP) is 2.86. The minimum atomic E-state index is 0.588. The largest absolute Gasteiger partial charge is 0.161 e. The molecule has 0 aromatic carbocycles. The van der Waals surface area contributed by atoms with E-state index in [0.29, 0.717) is 5.25 Å². The van der Waals surface area contributed by atoms with Gasteiger partial charge in [0.15, 0.2) is 0 Å². The van der Waals surface area contributed by atoms with Gasteiger partial charge in [-0.25, -0.2) is 0 Å². The van der Waals surface area contributed by atoms with Gasteiger partial charge in [-0.2, -0.15) is 23.5 Å². The van der Waals surface area contributed by atoms with Crippen LogP contribution in [0.1, 0.15) is 13.8 Å². The second-order valence-electron chi connectivity index (χ2n) is 1.79. The second kappa shape index (κ2) is 7.89. The molecule has 10 heavy (non-hydrogen) atoms. The van der Waals surface area contributed by atoms with Gasteiger partial charge in [0.1, 0.15) is 0 Å². The number of thiocarbonyl (C=S) groups is 1. The van der Waals surface area contributed by atoms with Crippen LogP contribution < -0.4 is 0 Å². The highest BCUT2D eigenvalue weighted by Gasteiger charge is 2.01. The zero-order valence-electron chi connectivity index (χ0n) is 6.50. The summed E-state index contributed by atoms with van der Waals surface area (Å²) < 4.78 is 0. The summed E-state index contributed by atoms with van der Waals surface area (Å²) in [4.78, 5) is 0. The molecule has 3 heteroatoms. The summed E-state index contributed by atoms with van der Waals surface area (Å²) in [5.41, 5.74) is 0. The Hall–Kier alpha value is 0.790. The Balaban J connectivity index is 3.29. The highest BCUT2D eigenvalue weighted by atomic mass is 32.2. The van der Waals surface area contributed by atoms with Gasteiger partial charge in [0, 0.05) is 11.0 Å². The summed E-state index contributed by atoms with van der Waals surface area (Å²) in [5.74, 6) is 3.55. The molecule has 0 rings (SSSR count). The van der Waals surface area contributed by atoms with Crippen LogP contribution >= 0.6 is 35.7 Å². The summed E-state index contributed by atoms with van der Waals surface area (Å²) in [6, 6.07) is 0. The quantitative estimate of drug-likeness (QED) is 0.597. The van der Waals surface area contributed by atoms with Crippen molar-refractivity contribution in [2.45, 2.75) is 19.1 Å². The molecular weight excluding hydrogens is 180 g/mol. The van der Waals surface area contributed by atoms with E-state index in [1.165, 1.54) is 17.3 Å². The van der Waals surface area contributed by atoms with Gasteiger partial charge in [0.25, 0.3) is 0 Å². The van der Waals surface area contributed by atoms with Crippen LogP contribution in [0.5, 0.6) is 0 Å². The maximum atomic E-state index is 4.89. The van der Waals surface area contributed by atoms with Crippen LogP contribution in [-0.4, -0.2) is 27.9 Å². The van der Waals surface area contributed by atoms with Crippen molar-refractivity contribution in [2.75, 3.05) is 17.3 Å². The topological polar surface area (TPSA) is 0 Å². The molecule has 0 heterocycles. The van der Waals surface area contributed by atoms with Crippen LogP contribution in [0.25, 0.3) is 0 Å². The molecule has 0 bridgehead atoms. The van der Waals surface area contributed by atoms with Crippen molar-refractivity contribution in [3.63, 3.8) is 0 Å². The van der Waals surface area contributed by atoms with Crippen LogP contribution in [-0.2, 0) is 0 Å². The fourth-order valence-electron chi connectivity index (χ4n) is 0.575. The van der Waals surface area contributed by atoms with Crippen molar-refractivity contribution in [2.24, 2.45) is 0 Å². The minimum Gasteiger partial charge on any atom is -0.161 e. The van der Waals surface area contributed by atoms with E-state index in [1.54, 1.807) is 0 Å². The lowest BCUT2D eigenvalue weighted by molar-refractivity contribution is 1.36. The van der Waals surface area contributed by atoms with E-state index in [0.717, 1.165) is 0 Å². The van der Waals surface area contributed by atoms with Crippen LogP contribution in [0.4, 0.5) is 0 Å². The second-order valence-corrected chi connectivity index (χ2v) is 4.90. The maximum absolute atomic E-state index is 4.89. The molecule has 0 radical (unpaired) electrons. The lowest BCUT2D eigenvalue weighted by atomic mass is 10.6. The monoisotopic (exact) mass is 194 g/mol. The van der Waals surface area contributed by atoms with Gasteiger partial charge in [0.05, 0.1) is 0 Å².